The zero-order chi connectivity index (χ0) is 10.2. The third-order valence-electron chi connectivity index (χ3n) is 4.30. The smallest absolute Gasteiger partial charge is 0.0221 e. The molecule has 2 aliphatic rings. The van der Waals surface area contributed by atoms with E-state index in [4.69, 9.17) is 0 Å². The van der Waals surface area contributed by atoms with Gasteiger partial charge < -0.3 is 5.32 Å². The van der Waals surface area contributed by atoms with Gasteiger partial charge in [-0.3, -0.25) is 4.90 Å². The van der Waals surface area contributed by atoms with Crippen LogP contribution in [0.1, 0.15) is 39.5 Å². The average Bonchev–Trinajstić information content (AvgIpc) is 2.18. The van der Waals surface area contributed by atoms with Crippen LogP contribution in [0, 0.1) is 5.41 Å². The summed E-state index contributed by atoms with van der Waals surface area (Å²) in [7, 11) is 2.32. The Labute approximate surface area is 88.1 Å². The molecule has 14 heavy (non-hydrogen) atoms. The molecule has 2 rings (SSSR count). The van der Waals surface area contributed by atoms with Gasteiger partial charge in [0, 0.05) is 18.6 Å². The van der Waals surface area contributed by atoms with Gasteiger partial charge in [0.1, 0.15) is 0 Å². The second-order valence-electron chi connectivity index (χ2n) is 5.71. The van der Waals surface area contributed by atoms with Crippen molar-refractivity contribution in [3.63, 3.8) is 0 Å². The van der Waals surface area contributed by atoms with Crippen LogP contribution >= 0.6 is 0 Å². The van der Waals surface area contributed by atoms with Gasteiger partial charge in [-0.25, -0.2) is 0 Å². The Bertz CT molecular complexity index is 194. The van der Waals surface area contributed by atoms with Gasteiger partial charge in [-0.2, -0.15) is 0 Å². The molecule has 1 saturated heterocycles. The lowest BCUT2D eigenvalue weighted by molar-refractivity contribution is -0.0137. The fourth-order valence-corrected chi connectivity index (χ4v) is 3.04. The molecule has 0 spiro atoms. The minimum absolute atomic E-state index is 0.562. The molecular weight excluding hydrogens is 172 g/mol. The molecule has 2 atom stereocenters. The van der Waals surface area contributed by atoms with Gasteiger partial charge in [-0.1, -0.05) is 13.8 Å². The summed E-state index contributed by atoms with van der Waals surface area (Å²) in [6.45, 7) is 7.24. The number of likely N-dealkylation sites (N-methyl/N-ethyl adjacent to an activating group) is 1. The Morgan fingerprint density at radius 2 is 2.07 bits per heavy atom. The van der Waals surface area contributed by atoms with Gasteiger partial charge in [0.15, 0.2) is 0 Å². The van der Waals surface area contributed by atoms with Crippen LogP contribution < -0.4 is 5.32 Å². The van der Waals surface area contributed by atoms with E-state index < -0.39 is 0 Å². The minimum Gasteiger partial charge on any atom is -0.315 e. The van der Waals surface area contributed by atoms with Crippen molar-refractivity contribution < 1.29 is 0 Å². The molecule has 2 fully saturated rings. The second-order valence-corrected chi connectivity index (χ2v) is 5.71. The van der Waals surface area contributed by atoms with Crippen molar-refractivity contribution in [2.24, 2.45) is 5.41 Å². The van der Waals surface area contributed by atoms with Crippen LogP contribution in [0.3, 0.4) is 0 Å². The van der Waals surface area contributed by atoms with E-state index >= 15 is 0 Å². The van der Waals surface area contributed by atoms with Crippen LogP contribution in [0.4, 0.5) is 0 Å². The molecule has 0 aromatic heterocycles. The van der Waals surface area contributed by atoms with Crippen molar-refractivity contribution in [3.05, 3.63) is 0 Å². The molecule has 2 unspecified atom stereocenters. The maximum Gasteiger partial charge on any atom is 0.0221 e. The normalized spacial score (nSPS) is 36.9. The van der Waals surface area contributed by atoms with Gasteiger partial charge >= 0.3 is 0 Å². The van der Waals surface area contributed by atoms with E-state index in [1.807, 2.05) is 0 Å². The van der Waals surface area contributed by atoms with Crippen LogP contribution in [-0.4, -0.2) is 37.1 Å². The highest BCUT2D eigenvalue weighted by atomic mass is 15.2. The number of nitrogens with zero attached hydrogens (tertiary/aromatic N) is 1. The summed E-state index contributed by atoms with van der Waals surface area (Å²) in [4.78, 5) is 2.63. The van der Waals surface area contributed by atoms with E-state index in [0.717, 1.165) is 12.1 Å². The van der Waals surface area contributed by atoms with E-state index in [-0.39, 0.29) is 0 Å². The van der Waals surface area contributed by atoms with Crippen molar-refractivity contribution >= 4 is 0 Å². The predicted molar refractivity (Wildman–Crippen MR) is 60.5 cm³/mol. The third kappa shape index (κ3) is 1.82. The summed E-state index contributed by atoms with van der Waals surface area (Å²) in [5, 5.41) is 3.50. The molecule has 82 valence electrons. The Hall–Kier alpha value is -0.0800. The largest absolute Gasteiger partial charge is 0.315 e. The van der Waals surface area contributed by atoms with E-state index in [1.165, 1.54) is 38.8 Å². The zero-order valence-corrected chi connectivity index (χ0v) is 9.84. The van der Waals surface area contributed by atoms with Gasteiger partial charge in [-0.15, -0.1) is 0 Å². The van der Waals surface area contributed by atoms with Crippen molar-refractivity contribution in [2.75, 3.05) is 20.1 Å². The summed E-state index contributed by atoms with van der Waals surface area (Å²) in [5.41, 5.74) is 0.562. The van der Waals surface area contributed by atoms with Crippen LogP contribution in [0.2, 0.25) is 0 Å². The highest BCUT2D eigenvalue weighted by Gasteiger charge is 2.42. The number of hydrogen-bond acceptors (Lipinski definition) is 2. The first-order chi connectivity index (χ1) is 6.61. The fraction of sp³-hybridized carbons (Fsp3) is 1.00. The van der Waals surface area contributed by atoms with Crippen LogP contribution in [0.5, 0.6) is 0 Å². The summed E-state index contributed by atoms with van der Waals surface area (Å²) < 4.78 is 0. The monoisotopic (exact) mass is 196 g/mol. The molecule has 2 nitrogen and oxygen atoms in total. The van der Waals surface area contributed by atoms with E-state index in [1.54, 1.807) is 0 Å². The SMILES string of the molecule is CN(C1CCCNC1)C1CCC1(C)C. The van der Waals surface area contributed by atoms with Crippen LogP contribution in [0.25, 0.3) is 0 Å². The first kappa shape index (κ1) is 10.4. The predicted octanol–water partition coefficient (Wildman–Crippen LogP) is 1.86. The lowest BCUT2D eigenvalue weighted by atomic mass is 9.66. The summed E-state index contributed by atoms with van der Waals surface area (Å²) >= 11 is 0. The summed E-state index contributed by atoms with van der Waals surface area (Å²) in [6.07, 6.45) is 5.54. The molecule has 0 aromatic carbocycles. The summed E-state index contributed by atoms with van der Waals surface area (Å²) in [6, 6.07) is 1.61. The van der Waals surface area contributed by atoms with Crippen LogP contribution in [0.15, 0.2) is 0 Å². The Morgan fingerprint density at radius 3 is 2.50 bits per heavy atom. The Balaban J connectivity index is 1.90. The van der Waals surface area contributed by atoms with E-state index in [2.05, 4.69) is 31.1 Å². The van der Waals surface area contributed by atoms with Gasteiger partial charge in [0.05, 0.1) is 0 Å². The third-order valence-corrected chi connectivity index (χ3v) is 4.30. The Morgan fingerprint density at radius 1 is 1.29 bits per heavy atom. The van der Waals surface area contributed by atoms with Gasteiger partial charge in [-0.05, 0) is 44.7 Å². The quantitative estimate of drug-likeness (QED) is 0.725. The Kier molecular flexibility index (Phi) is 2.85. The first-order valence-corrected chi connectivity index (χ1v) is 6.04. The topological polar surface area (TPSA) is 15.3 Å². The molecule has 0 aromatic rings. The highest BCUT2D eigenvalue weighted by Crippen LogP contribution is 2.43. The van der Waals surface area contributed by atoms with E-state index in [0.29, 0.717) is 5.41 Å². The molecule has 2 heteroatoms. The molecule has 1 aliphatic heterocycles. The zero-order valence-electron chi connectivity index (χ0n) is 9.84. The molecular formula is C12H24N2. The molecule has 1 saturated carbocycles. The number of rotatable bonds is 2. The lowest BCUT2D eigenvalue weighted by Crippen LogP contribution is -2.57. The molecule has 0 amide bonds. The molecule has 0 bridgehead atoms. The average molecular weight is 196 g/mol. The number of piperidine rings is 1. The number of nitrogens with one attached hydrogen (secondary N) is 1. The van der Waals surface area contributed by atoms with Crippen molar-refractivity contribution in [1.29, 1.82) is 0 Å². The lowest BCUT2D eigenvalue weighted by Gasteiger charge is -2.52. The second kappa shape index (κ2) is 3.82. The van der Waals surface area contributed by atoms with Crippen molar-refractivity contribution in [3.8, 4) is 0 Å². The van der Waals surface area contributed by atoms with Crippen molar-refractivity contribution in [1.82, 2.24) is 10.2 Å². The number of hydrogen-bond donors (Lipinski definition) is 1. The molecule has 0 radical (unpaired) electrons. The standard InChI is InChI=1S/C12H24N2/c1-12(2)7-6-11(12)14(3)10-5-4-8-13-9-10/h10-11,13H,4-9H2,1-3H3. The van der Waals surface area contributed by atoms with E-state index in [9.17, 15) is 0 Å². The maximum absolute atomic E-state index is 3.50. The van der Waals surface area contributed by atoms with Crippen molar-refractivity contribution in [2.45, 2.75) is 51.6 Å². The molecule has 1 heterocycles. The highest BCUT2D eigenvalue weighted by molar-refractivity contribution is 4.97. The minimum atomic E-state index is 0.562. The van der Waals surface area contributed by atoms with Crippen LogP contribution in [-0.2, 0) is 0 Å². The summed E-state index contributed by atoms with van der Waals surface area (Å²) in [5.74, 6) is 0. The van der Waals surface area contributed by atoms with Gasteiger partial charge in [0.25, 0.3) is 0 Å². The maximum atomic E-state index is 3.50. The van der Waals surface area contributed by atoms with Gasteiger partial charge in [0.2, 0.25) is 0 Å². The molecule has 1 aliphatic carbocycles. The molecule has 1 N–H and O–H groups in total. The fourth-order valence-electron chi connectivity index (χ4n) is 3.04. The first-order valence-electron chi connectivity index (χ1n) is 6.04.